The Balaban J connectivity index is 2.50. The summed E-state index contributed by atoms with van der Waals surface area (Å²) in [5.74, 6) is 0. The van der Waals surface area contributed by atoms with Gasteiger partial charge in [0.25, 0.3) is 0 Å². The van der Waals surface area contributed by atoms with Crippen molar-refractivity contribution in [3.8, 4) is 6.07 Å². The van der Waals surface area contributed by atoms with E-state index in [1.807, 2.05) is 18.2 Å². The van der Waals surface area contributed by atoms with Gasteiger partial charge in [-0.3, -0.25) is 0 Å². The lowest BCUT2D eigenvalue weighted by atomic mass is 10.1. The molecule has 3 rings (SSSR count). The van der Waals surface area contributed by atoms with Crippen LogP contribution in [0.5, 0.6) is 0 Å². The maximum absolute atomic E-state index is 9.13. The van der Waals surface area contributed by atoms with E-state index < -0.39 is 0 Å². The van der Waals surface area contributed by atoms with E-state index in [1.54, 1.807) is 0 Å². The van der Waals surface area contributed by atoms with Crippen molar-refractivity contribution in [2.75, 3.05) is 0 Å². The number of hydrogen-bond acceptors (Lipinski definition) is 1. The monoisotopic (exact) mass is 182 g/mol. The minimum Gasteiger partial charge on any atom is -0.343 e. The van der Waals surface area contributed by atoms with Crippen LogP contribution in [0.4, 0.5) is 0 Å². The molecule has 1 aromatic heterocycles. The molecule has 0 amide bonds. The minimum atomic E-state index is 0.887. The fraction of sp³-hybridized carbons (Fsp3) is 0.250. The minimum absolute atomic E-state index is 0.887. The van der Waals surface area contributed by atoms with Crippen LogP contribution in [-0.2, 0) is 13.0 Å². The summed E-state index contributed by atoms with van der Waals surface area (Å²) >= 11 is 0. The Hall–Kier alpha value is -1.75. The Labute approximate surface area is 82.4 Å². The summed E-state index contributed by atoms with van der Waals surface area (Å²) in [5.41, 5.74) is 3.34. The molecule has 2 heteroatoms. The first kappa shape index (κ1) is 7.64. The molecule has 0 fully saturated rings. The summed E-state index contributed by atoms with van der Waals surface area (Å²) < 4.78 is 2.29. The molecule has 2 heterocycles. The van der Waals surface area contributed by atoms with Crippen LogP contribution in [0.15, 0.2) is 24.3 Å². The molecule has 0 saturated carbocycles. The summed E-state index contributed by atoms with van der Waals surface area (Å²) in [6.07, 6.45) is 2.23. The molecule has 1 aliphatic heterocycles. The van der Waals surface area contributed by atoms with Crippen LogP contribution in [0.3, 0.4) is 0 Å². The van der Waals surface area contributed by atoms with Crippen molar-refractivity contribution in [3.05, 3.63) is 35.5 Å². The number of fused-ring (bicyclic) bond motifs is 3. The SMILES string of the molecule is N#Cc1c2n(c3ccccc13)CCC2. The van der Waals surface area contributed by atoms with Crippen molar-refractivity contribution in [1.82, 2.24) is 4.57 Å². The maximum atomic E-state index is 9.13. The Bertz CT molecular complexity index is 543. The van der Waals surface area contributed by atoms with E-state index in [2.05, 4.69) is 16.7 Å². The number of para-hydroxylation sites is 1. The largest absolute Gasteiger partial charge is 0.343 e. The zero-order valence-corrected chi connectivity index (χ0v) is 7.83. The van der Waals surface area contributed by atoms with Crippen molar-refractivity contribution in [3.63, 3.8) is 0 Å². The van der Waals surface area contributed by atoms with Crippen LogP contribution >= 0.6 is 0 Å². The first-order valence-electron chi connectivity index (χ1n) is 4.92. The lowest BCUT2D eigenvalue weighted by Crippen LogP contribution is -1.90. The molecular formula is C12H10N2. The van der Waals surface area contributed by atoms with Gasteiger partial charge in [-0.25, -0.2) is 0 Å². The van der Waals surface area contributed by atoms with Crippen molar-refractivity contribution in [1.29, 1.82) is 5.26 Å². The van der Waals surface area contributed by atoms with Crippen molar-refractivity contribution < 1.29 is 0 Å². The van der Waals surface area contributed by atoms with Gasteiger partial charge in [0.05, 0.1) is 5.56 Å². The quantitative estimate of drug-likeness (QED) is 0.615. The molecule has 0 atom stereocenters. The van der Waals surface area contributed by atoms with Gasteiger partial charge in [0.15, 0.2) is 0 Å². The number of rotatable bonds is 0. The molecule has 2 aromatic rings. The highest BCUT2D eigenvalue weighted by atomic mass is 15.0. The van der Waals surface area contributed by atoms with Crippen LogP contribution in [0.25, 0.3) is 10.9 Å². The van der Waals surface area contributed by atoms with Gasteiger partial charge >= 0.3 is 0 Å². The van der Waals surface area contributed by atoms with E-state index in [1.165, 1.54) is 17.6 Å². The molecule has 0 radical (unpaired) electrons. The van der Waals surface area contributed by atoms with Crippen LogP contribution in [0.2, 0.25) is 0 Å². The summed E-state index contributed by atoms with van der Waals surface area (Å²) in [7, 11) is 0. The molecular weight excluding hydrogens is 172 g/mol. The van der Waals surface area contributed by atoms with E-state index in [0.717, 1.165) is 23.9 Å². The average Bonchev–Trinajstić information content (AvgIpc) is 2.77. The molecule has 0 bridgehead atoms. The molecule has 2 nitrogen and oxygen atoms in total. The summed E-state index contributed by atoms with van der Waals surface area (Å²) in [6.45, 7) is 1.07. The van der Waals surface area contributed by atoms with Crippen molar-refractivity contribution in [2.45, 2.75) is 19.4 Å². The fourth-order valence-electron chi connectivity index (χ4n) is 2.40. The lowest BCUT2D eigenvalue weighted by molar-refractivity contribution is 0.772. The van der Waals surface area contributed by atoms with Crippen LogP contribution in [0.1, 0.15) is 17.7 Å². The Morgan fingerprint density at radius 3 is 3.00 bits per heavy atom. The van der Waals surface area contributed by atoms with Gasteiger partial charge in [-0.05, 0) is 18.9 Å². The second kappa shape index (κ2) is 2.62. The predicted molar refractivity (Wildman–Crippen MR) is 55.0 cm³/mol. The highest BCUT2D eigenvalue weighted by Gasteiger charge is 2.19. The molecule has 68 valence electrons. The molecule has 0 saturated heterocycles. The normalized spacial score (nSPS) is 14.2. The zero-order chi connectivity index (χ0) is 9.54. The zero-order valence-electron chi connectivity index (χ0n) is 7.83. The molecule has 14 heavy (non-hydrogen) atoms. The van der Waals surface area contributed by atoms with E-state index in [9.17, 15) is 0 Å². The molecule has 0 unspecified atom stereocenters. The molecule has 0 spiro atoms. The lowest BCUT2D eigenvalue weighted by Gasteiger charge is -1.97. The number of benzene rings is 1. The Morgan fingerprint density at radius 2 is 2.14 bits per heavy atom. The molecule has 0 N–H and O–H groups in total. The standard InChI is InChI=1S/C12H10N2/c13-8-10-9-4-1-2-5-11(9)14-7-3-6-12(10)14/h1-2,4-5H,3,6-7H2. The Morgan fingerprint density at radius 1 is 1.29 bits per heavy atom. The second-order valence-electron chi connectivity index (χ2n) is 3.71. The molecule has 1 aliphatic rings. The first-order valence-corrected chi connectivity index (χ1v) is 4.92. The first-order chi connectivity index (χ1) is 6.92. The second-order valence-corrected chi connectivity index (χ2v) is 3.71. The van der Waals surface area contributed by atoms with Gasteiger partial charge in [-0.15, -0.1) is 0 Å². The number of aryl methyl sites for hydroxylation is 1. The average molecular weight is 182 g/mol. The van der Waals surface area contributed by atoms with E-state index in [4.69, 9.17) is 5.26 Å². The molecule has 1 aromatic carbocycles. The third kappa shape index (κ3) is 0.793. The fourth-order valence-corrected chi connectivity index (χ4v) is 2.40. The topological polar surface area (TPSA) is 28.7 Å². The van der Waals surface area contributed by atoms with Crippen molar-refractivity contribution in [2.24, 2.45) is 0 Å². The highest BCUT2D eigenvalue weighted by Crippen LogP contribution is 2.30. The third-order valence-corrected chi connectivity index (χ3v) is 2.99. The van der Waals surface area contributed by atoms with Gasteiger partial charge < -0.3 is 4.57 Å². The highest BCUT2D eigenvalue weighted by molar-refractivity contribution is 5.88. The van der Waals surface area contributed by atoms with E-state index in [0.29, 0.717) is 0 Å². The van der Waals surface area contributed by atoms with Gasteiger partial charge in [0, 0.05) is 23.1 Å². The van der Waals surface area contributed by atoms with E-state index in [-0.39, 0.29) is 0 Å². The number of hydrogen-bond donors (Lipinski definition) is 0. The van der Waals surface area contributed by atoms with E-state index >= 15 is 0 Å². The predicted octanol–water partition coefficient (Wildman–Crippen LogP) is 2.46. The maximum Gasteiger partial charge on any atom is 0.102 e. The smallest absolute Gasteiger partial charge is 0.102 e. The third-order valence-electron chi connectivity index (χ3n) is 2.99. The van der Waals surface area contributed by atoms with Gasteiger partial charge in [-0.2, -0.15) is 5.26 Å². The summed E-state index contributed by atoms with van der Waals surface area (Å²) in [6, 6.07) is 10.5. The van der Waals surface area contributed by atoms with Crippen LogP contribution < -0.4 is 0 Å². The summed E-state index contributed by atoms with van der Waals surface area (Å²) in [5, 5.41) is 10.2. The van der Waals surface area contributed by atoms with Crippen molar-refractivity contribution >= 4 is 10.9 Å². The Kier molecular flexibility index (Phi) is 1.43. The van der Waals surface area contributed by atoms with Gasteiger partial charge in [0.1, 0.15) is 6.07 Å². The van der Waals surface area contributed by atoms with Crippen LogP contribution in [-0.4, -0.2) is 4.57 Å². The molecule has 0 aliphatic carbocycles. The van der Waals surface area contributed by atoms with Gasteiger partial charge in [-0.1, -0.05) is 18.2 Å². The number of nitrogens with zero attached hydrogens (tertiary/aromatic N) is 2. The van der Waals surface area contributed by atoms with Crippen LogP contribution in [0, 0.1) is 11.3 Å². The van der Waals surface area contributed by atoms with Gasteiger partial charge in [0.2, 0.25) is 0 Å². The number of aromatic nitrogens is 1. The summed E-state index contributed by atoms with van der Waals surface area (Å²) in [4.78, 5) is 0. The number of nitriles is 1.